The van der Waals surface area contributed by atoms with E-state index >= 15 is 0 Å². The van der Waals surface area contributed by atoms with Gasteiger partial charge in [0.15, 0.2) is 0 Å². The van der Waals surface area contributed by atoms with Gasteiger partial charge in [0, 0.05) is 38.6 Å². The summed E-state index contributed by atoms with van der Waals surface area (Å²) in [6.07, 6.45) is 0.239. The van der Waals surface area contributed by atoms with Gasteiger partial charge >= 0.3 is 6.18 Å². The molecule has 0 aliphatic carbocycles. The number of halogens is 3. The number of amides is 2. The maximum absolute atomic E-state index is 12.8. The fourth-order valence-electron chi connectivity index (χ4n) is 3.36. The molecule has 30 heavy (non-hydrogen) atoms. The summed E-state index contributed by atoms with van der Waals surface area (Å²) in [5.41, 5.74) is 0.00560. The molecule has 0 spiro atoms. The van der Waals surface area contributed by atoms with Crippen LogP contribution in [0.15, 0.2) is 36.7 Å². The van der Waals surface area contributed by atoms with Gasteiger partial charge < -0.3 is 15.5 Å². The minimum absolute atomic E-state index is 0.0658. The summed E-state index contributed by atoms with van der Waals surface area (Å²) in [6.45, 7) is 1.56. The average Bonchev–Trinajstić information content (AvgIpc) is 3.16. The van der Waals surface area contributed by atoms with Crippen molar-refractivity contribution in [1.29, 1.82) is 0 Å². The Bertz CT molecular complexity index is 889. The lowest BCUT2D eigenvalue weighted by Crippen LogP contribution is -2.43. The van der Waals surface area contributed by atoms with Crippen LogP contribution in [0.2, 0.25) is 0 Å². The van der Waals surface area contributed by atoms with Gasteiger partial charge in [0.2, 0.25) is 5.91 Å². The molecular formula is C20H24F3N5O2. The van der Waals surface area contributed by atoms with E-state index in [9.17, 15) is 22.8 Å². The number of piperidine rings is 1. The van der Waals surface area contributed by atoms with Gasteiger partial charge in [-0.2, -0.15) is 18.3 Å². The van der Waals surface area contributed by atoms with E-state index in [4.69, 9.17) is 0 Å². The van der Waals surface area contributed by atoms with Crippen LogP contribution in [0, 0.1) is 5.92 Å². The fraction of sp³-hybridized carbons (Fsp3) is 0.450. The molecular weight excluding hydrogens is 399 g/mol. The van der Waals surface area contributed by atoms with E-state index in [1.54, 1.807) is 22.8 Å². The minimum Gasteiger partial charge on any atom is -0.376 e. The highest BCUT2D eigenvalue weighted by Crippen LogP contribution is 2.30. The van der Waals surface area contributed by atoms with Crippen molar-refractivity contribution < 1.29 is 22.8 Å². The number of aromatic nitrogens is 2. The van der Waals surface area contributed by atoms with E-state index in [-0.39, 0.29) is 30.0 Å². The summed E-state index contributed by atoms with van der Waals surface area (Å²) in [5.74, 6) is -0.0664. The van der Waals surface area contributed by atoms with Crippen molar-refractivity contribution in [1.82, 2.24) is 20.0 Å². The van der Waals surface area contributed by atoms with Crippen LogP contribution in [0.5, 0.6) is 0 Å². The maximum atomic E-state index is 12.8. The van der Waals surface area contributed by atoms with Gasteiger partial charge in [-0.1, -0.05) is 6.07 Å². The second-order valence-corrected chi connectivity index (χ2v) is 7.37. The van der Waals surface area contributed by atoms with E-state index in [0.29, 0.717) is 25.2 Å². The molecule has 1 aliphatic rings. The fourth-order valence-corrected chi connectivity index (χ4v) is 3.36. The molecule has 7 nitrogen and oxygen atoms in total. The Morgan fingerprint density at radius 1 is 1.23 bits per heavy atom. The van der Waals surface area contributed by atoms with Gasteiger partial charge in [-0.3, -0.25) is 14.3 Å². The summed E-state index contributed by atoms with van der Waals surface area (Å²) in [7, 11) is 1.74. The van der Waals surface area contributed by atoms with Crippen molar-refractivity contribution in [2.45, 2.75) is 19.0 Å². The van der Waals surface area contributed by atoms with Crippen molar-refractivity contribution >= 4 is 17.5 Å². The molecule has 2 amide bonds. The van der Waals surface area contributed by atoms with Crippen molar-refractivity contribution in [3.63, 3.8) is 0 Å². The van der Waals surface area contributed by atoms with Crippen molar-refractivity contribution in [3.05, 3.63) is 47.8 Å². The average molecular weight is 423 g/mol. The number of hydrogen-bond acceptors (Lipinski definition) is 4. The maximum Gasteiger partial charge on any atom is 0.416 e. The Labute approximate surface area is 172 Å². The van der Waals surface area contributed by atoms with E-state index in [2.05, 4.69) is 15.7 Å². The first kappa shape index (κ1) is 21.7. The van der Waals surface area contributed by atoms with E-state index in [1.165, 1.54) is 18.3 Å². The topological polar surface area (TPSA) is 79.3 Å². The van der Waals surface area contributed by atoms with Crippen LogP contribution >= 0.6 is 0 Å². The molecule has 0 radical (unpaired) electrons. The Morgan fingerprint density at radius 3 is 2.60 bits per heavy atom. The van der Waals surface area contributed by atoms with Crippen LogP contribution in [-0.4, -0.2) is 52.7 Å². The first-order valence-electron chi connectivity index (χ1n) is 9.68. The number of carbonyl (C=O) groups is 2. The second-order valence-electron chi connectivity index (χ2n) is 7.37. The van der Waals surface area contributed by atoms with Crippen LogP contribution in [0.25, 0.3) is 0 Å². The second kappa shape index (κ2) is 9.19. The first-order valence-corrected chi connectivity index (χ1v) is 9.68. The molecule has 2 N–H and O–H groups in total. The van der Waals surface area contributed by atoms with Crippen LogP contribution in [-0.2, 0) is 18.0 Å². The molecule has 1 aromatic heterocycles. The van der Waals surface area contributed by atoms with Crippen molar-refractivity contribution in [2.24, 2.45) is 13.0 Å². The van der Waals surface area contributed by atoms with E-state index in [0.717, 1.165) is 25.0 Å². The summed E-state index contributed by atoms with van der Waals surface area (Å²) in [5, 5.41) is 9.63. The molecule has 0 bridgehead atoms. The molecule has 162 valence electrons. The third-order valence-electron chi connectivity index (χ3n) is 5.12. The Balaban J connectivity index is 1.40. The lowest BCUT2D eigenvalue weighted by molar-refractivity contribution is -0.137. The molecule has 2 heterocycles. The summed E-state index contributed by atoms with van der Waals surface area (Å²) in [6, 6.07) is 4.79. The number of benzene rings is 1. The third kappa shape index (κ3) is 5.74. The van der Waals surface area contributed by atoms with Crippen LogP contribution in [0.4, 0.5) is 18.9 Å². The van der Waals surface area contributed by atoms with Gasteiger partial charge in [-0.25, -0.2) is 0 Å². The summed E-state index contributed by atoms with van der Waals surface area (Å²) in [4.78, 5) is 26.1. The molecule has 1 saturated heterocycles. The minimum atomic E-state index is -4.42. The van der Waals surface area contributed by atoms with E-state index in [1.807, 2.05) is 0 Å². The predicted molar refractivity (Wildman–Crippen MR) is 105 cm³/mol. The van der Waals surface area contributed by atoms with Gasteiger partial charge in [0.05, 0.1) is 23.9 Å². The predicted octanol–water partition coefficient (Wildman–Crippen LogP) is 2.52. The number of hydrogen-bond donors (Lipinski definition) is 2. The molecule has 10 heteroatoms. The lowest BCUT2D eigenvalue weighted by Gasteiger charge is -2.32. The Hall–Kier alpha value is -3.04. The molecule has 0 unspecified atom stereocenters. The SMILES string of the molecule is Cn1cc(C(=O)NCC2CCN(C(=O)CNc3cccc(C(F)(F)F)c3)CC2)cn1. The number of aryl methyl sites for hydroxylation is 1. The smallest absolute Gasteiger partial charge is 0.376 e. The molecule has 0 saturated carbocycles. The van der Waals surface area contributed by atoms with Crippen LogP contribution < -0.4 is 10.6 Å². The van der Waals surface area contributed by atoms with Gasteiger partial charge in [0.1, 0.15) is 0 Å². The zero-order valence-electron chi connectivity index (χ0n) is 16.6. The third-order valence-corrected chi connectivity index (χ3v) is 5.12. The highest BCUT2D eigenvalue weighted by molar-refractivity contribution is 5.93. The normalized spacial score (nSPS) is 15.1. The van der Waals surface area contributed by atoms with E-state index < -0.39 is 11.7 Å². The number of carbonyl (C=O) groups excluding carboxylic acids is 2. The number of nitrogens with zero attached hydrogens (tertiary/aromatic N) is 3. The largest absolute Gasteiger partial charge is 0.416 e. The zero-order valence-corrected chi connectivity index (χ0v) is 16.6. The van der Waals surface area contributed by atoms with Crippen LogP contribution in [0.3, 0.4) is 0 Å². The van der Waals surface area contributed by atoms with Crippen LogP contribution in [0.1, 0.15) is 28.8 Å². The quantitative estimate of drug-likeness (QED) is 0.749. The highest BCUT2D eigenvalue weighted by Gasteiger charge is 2.30. The number of rotatable bonds is 6. The first-order chi connectivity index (χ1) is 14.2. The lowest BCUT2D eigenvalue weighted by atomic mass is 9.96. The zero-order chi connectivity index (χ0) is 21.7. The standard InChI is InChI=1S/C20H24F3N5O2/c1-27-13-15(11-26-27)19(30)25-10-14-5-7-28(8-6-14)18(29)12-24-17-4-2-3-16(9-17)20(21,22)23/h2-4,9,11,13-14,24H,5-8,10,12H2,1H3,(H,25,30). The number of nitrogens with one attached hydrogen (secondary N) is 2. The number of likely N-dealkylation sites (tertiary alicyclic amines) is 1. The van der Waals surface area contributed by atoms with Crippen molar-refractivity contribution in [2.75, 3.05) is 31.5 Å². The molecule has 0 atom stereocenters. The Morgan fingerprint density at radius 2 is 1.97 bits per heavy atom. The monoisotopic (exact) mass is 423 g/mol. The molecule has 1 fully saturated rings. The van der Waals surface area contributed by atoms with Gasteiger partial charge in [-0.15, -0.1) is 0 Å². The summed E-state index contributed by atoms with van der Waals surface area (Å²) < 4.78 is 39.9. The Kier molecular flexibility index (Phi) is 6.63. The molecule has 3 rings (SSSR count). The van der Waals surface area contributed by atoms with Gasteiger partial charge in [0.25, 0.3) is 5.91 Å². The number of anilines is 1. The molecule has 1 aromatic carbocycles. The van der Waals surface area contributed by atoms with Gasteiger partial charge in [-0.05, 0) is 37.0 Å². The molecule has 2 aromatic rings. The summed E-state index contributed by atoms with van der Waals surface area (Å²) >= 11 is 0. The number of alkyl halides is 3. The molecule has 1 aliphatic heterocycles. The van der Waals surface area contributed by atoms with Crippen molar-refractivity contribution in [3.8, 4) is 0 Å². The highest BCUT2D eigenvalue weighted by atomic mass is 19.4.